The van der Waals surface area contributed by atoms with Crippen LogP contribution in [-0.4, -0.2) is 12.5 Å². The Morgan fingerprint density at radius 2 is 1.02 bits per heavy atom. The van der Waals surface area contributed by atoms with Crippen molar-refractivity contribution < 1.29 is 13.2 Å². The monoisotopic (exact) mass is 654 g/mol. The molecule has 0 aromatic heterocycles. The van der Waals surface area contributed by atoms with Crippen molar-refractivity contribution in [1.82, 2.24) is 0 Å². The van der Waals surface area contributed by atoms with Crippen molar-refractivity contribution in [3.8, 4) is 0 Å². The Morgan fingerprint density at radius 1 is 0.522 bits per heavy atom. The minimum Gasteiger partial charge on any atom is -0.310 e. The van der Waals surface area contributed by atoms with Crippen LogP contribution < -0.4 is 9.80 Å². The zero-order chi connectivity index (χ0) is 32.1. The molecule has 6 rings (SSSR count). The van der Waals surface area contributed by atoms with Gasteiger partial charge in [-0.05, 0) is 128 Å². The second-order valence-electron chi connectivity index (χ2n) is 11.6. The summed E-state index contributed by atoms with van der Waals surface area (Å²) in [5.41, 5.74) is 6.19. The minimum absolute atomic E-state index is 0.412. The Bertz CT molecular complexity index is 1750. The van der Waals surface area contributed by atoms with Gasteiger partial charge in [-0.1, -0.05) is 49.6 Å². The molecule has 5 aromatic rings. The number of thioether (sulfide) groups is 2. The van der Waals surface area contributed by atoms with E-state index < -0.39 is 11.7 Å². The molecule has 1 saturated carbocycles. The third kappa shape index (κ3) is 7.26. The van der Waals surface area contributed by atoms with Crippen LogP contribution in [-0.2, 0) is 6.18 Å². The lowest BCUT2D eigenvalue weighted by Crippen LogP contribution is -2.15. The van der Waals surface area contributed by atoms with Gasteiger partial charge in [0.15, 0.2) is 0 Å². The fourth-order valence-corrected chi connectivity index (χ4v) is 7.22. The number of anilines is 6. The Morgan fingerprint density at radius 3 is 1.52 bits per heavy atom. The molecule has 0 bridgehead atoms. The number of rotatable bonds is 9. The Balaban J connectivity index is 1.59. The average molecular weight is 655 g/mol. The first-order chi connectivity index (χ1) is 22.3. The SMILES string of the molecule is CSc1cccc(N(c2ccccc2)c2cc(C3CCCCC3)cc(N(c3ccc(C(F)(F)F)cc3)c3cccc(SC)c3)c2)c1. The van der Waals surface area contributed by atoms with E-state index in [-0.39, 0.29) is 0 Å². The number of benzene rings is 5. The average Bonchev–Trinajstić information content (AvgIpc) is 3.09. The molecule has 5 aromatic carbocycles. The number of para-hydroxylation sites is 1. The Hall–Kier alpha value is -3.81. The summed E-state index contributed by atoms with van der Waals surface area (Å²) >= 11 is 3.35. The molecular formula is C39H37F3N2S2. The molecule has 1 fully saturated rings. The third-order valence-electron chi connectivity index (χ3n) is 8.61. The summed E-state index contributed by atoms with van der Waals surface area (Å²) in [5, 5.41) is 0. The van der Waals surface area contributed by atoms with Crippen molar-refractivity contribution in [3.63, 3.8) is 0 Å². The lowest BCUT2D eigenvalue weighted by Gasteiger charge is -2.32. The third-order valence-corrected chi connectivity index (χ3v) is 10.1. The summed E-state index contributed by atoms with van der Waals surface area (Å²) < 4.78 is 40.9. The normalized spacial score (nSPS) is 13.8. The molecule has 0 heterocycles. The molecule has 7 heteroatoms. The van der Waals surface area contributed by atoms with E-state index >= 15 is 0 Å². The van der Waals surface area contributed by atoms with Gasteiger partial charge in [-0.3, -0.25) is 0 Å². The van der Waals surface area contributed by atoms with Crippen LogP contribution in [0, 0.1) is 0 Å². The van der Waals surface area contributed by atoms with E-state index in [1.807, 2.05) is 24.5 Å². The van der Waals surface area contributed by atoms with Crippen molar-refractivity contribution in [3.05, 3.63) is 132 Å². The highest BCUT2D eigenvalue weighted by Crippen LogP contribution is 2.45. The first-order valence-electron chi connectivity index (χ1n) is 15.6. The van der Waals surface area contributed by atoms with E-state index in [4.69, 9.17) is 0 Å². The van der Waals surface area contributed by atoms with E-state index in [0.717, 1.165) is 46.2 Å². The standard InChI is InChI=1S/C39H37F3N2S2/c1-45-37-17-9-15-33(26-37)43(31-13-7-4-8-14-31)35-23-29(28-11-5-3-6-12-28)24-36(25-35)44(34-16-10-18-38(27-34)46-2)32-21-19-30(20-22-32)39(40,41)42/h4,7-10,13-28H,3,5-6,11-12H2,1-2H3. The minimum atomic E-state index is -4.41. The number of alkyl halides is 3. The molecule has 0 unspecified atom stereocenters. The highest BCUT2D eigenvalue weighted by molar-refractivity contribution is 7.98. The zero-order valence-electron chi connectivity index (χ0n) is 26.0. The van der Waals surface area contributed by atoms with Gasteiger partial charge in [-0.25, -0.2) is 0 Å². The van der Waals surface area contributed by atoms with Crippen LogP contribution in [0.3, 0.4) is 0 Å². The maximum absolute atomic E-state index is 13.6. The summed E-state index contributed by atoms with van der Waals surface area (Å²) in [5.74, 6) is 0.412. The topological polar surface area (TPSA) is 6.48 Å². The summed E-state index contributed by atoms with van der Waals surface area (Å²) in [6, 6.07) is 39.4. The predicted molar refractivity (Wildman–Crippen MR) is 190 cm³/mol. The van der Waals surface area contributed by atoms with Gasteiger partial charge >= 0.3 is 6.18 Å². The molecule has 1 aliphatic carbocycles. The van der Waals surface area contributed by atoms with Crippen LogP contribution in [0.25, 0.3) is 0 Å². The largest absolute Gasteiger partial charge is 0.416 e. The molecule has 0 N–H and O–H groups in total. The smallest absolute Gasteiger partial charge is 0.310 e. The number of nitrogens with zero attached hydrogens (tertiary/aromatic N) is 2. The summed E-state index contributed by atoms with van der Waals surface area (Å²) in [4.78, 5) is 6.64. The molecule has 0 atom stereocenters. The van der Waals surface area contributed by atoms with E-state index in [9.17, 15) is 13.2 Å². The highest BCUT2D eigenvalue weighted by atomic mass is 32.2. The second kappa shape index (κ2) is 14.3. The molecule has 2 nitrogen and oxygen atoms in total. The molecule has 1 aliphatic rings. The number of hydrogen-bond acceptors (Lipinski definition) is 4. The van der Waals surface area contributed by atoms with Crippen LogP contribution in [0.15, 0.2) is 131 Å². The van der Waals surface area contributed by atoms with Crippen LogP contribution in [0.4, 0.5) is 47.3 Å². The predicted octanol–water partition coefficient (Wildman–Crippen LogP) is 13.1. The van der Waals surface area contributed by atoms with Crippen LogP contribution >= 0.6 is 23.5 Å². The van der Waals surface area contributed by atoms with Gasteiger partial charge in [-0.15, -0.1) is 23.5 Å². The molecule has 0 amide bonds. The van der Waals surface area contributed by atoms with E-state index in [1.54, 1.807) is 35.7 Å². The van der Waals surface area contributed by atoms with Crippen molar-refractivity contribution >= 4 is 57.6 Å². The van der Waals surface area contributed by atoms with E-state index in [0.29, 0.717) is 11.6 Å². The molecule has 236 valence electrons. The van der Waals surface area contributed by atoms with Gasteiger partial charge in [0.1, 0.15) is 0 Å². The first-order valence-corrected chi connectivity index (χ1v) is 18.0. The van der Waals surface area contributed by atoms with Gasteiger partial charge < -0.3 is 9.80 Å². The van der Waals surface area contributed by atoms with Crippen molar-refractivity contribution in [1.29, 1.82) is 0 Å². The number of halogens is 3. The molecule has 0 saturated heterocycles. The van der Waals surface area contributed by atoms with Gasteiger partial charge in [0, 0.05) is 43.9 Å². The first kappa shape index (κ1) is 32.1. The maximum Gasteiger partial charge on any atom is 0.416 e. The Labute approximate surface area is 278 Å². The van der Waals surface area contributed by atoms with Gasteiger partial charge in [0.2, 0.25) is 0 Å². The zero-order valence-corrected chi connectivity index (χ0v) is 27.6. The lowest BCUT2D eigenvalue weighted by atomic mass is 9.83. The quantitative estimate of drug-likeness (QED) is 0.146. The fourth-order valence-electron chi connectivity index (χ4n) is 6.32. The van der Waals surface area contributed by atoms with Crippen molar-refractivity contribution in [2.24, 2.45) is 0 Å². The van der Waals surface area contributed by atoms with Crippen molar-refractivity contribution in [2.75, 3.05) is 22.3 Å². The van der Waals surface area contributed by atoms with Crippen LogP contribution in [0.2, 0.25) is 0 Å². The molecule has 0 spiro atoms. The molecule has 0 aliphatic heterocycles. The summed E-state index contributed by atoms with van der Waals surface area (Å²) in [6.07, 6.45) is 5.60. The second-order valence-corrected chi connectivity index (χ2v) is 13.3. The molecule has 46 heavy (non-hydrogen) atoms. The van der Waals surface area contributed by atoms with E-state index in [2.05, 4.69) is 94.9 Å². The summed E-state index contributed by atoms with van der Waals surface area (Å²) in [7, 11) is 0. The van der Waals surface area contributed by atoms with Gasteiger partial charge in [0.05, 0.1) is 5.56 Å². The van der Waals surface area contributed by atoms with Crippen LogP contribution in [0.1, 0.15) is 49.1 Å². The van der Waals surface area contributed by atoms with Crippen molar-refractivity contribution in [2.45, 2.75) is 54.0 Å². The van der Waals surface area contributed by atoms with Gasteiger partial charge in [-0.2, -0.15) is 13.2 Å². The maximum atomic E-state index is 13.6. The molecule has 0 radical (unpaired) electrons. The van der Waals surface area contributed by atoms with E-state index in [1.165, 1.54) is 41.9 Å². The Kier molecular flexibility index (Phi) is 10.00. The fraction of sp³-hybridized carbons (Fsp3) is 0.231. The lowest BCUT2D eigenvalue weighted by molar-refractivity contribution is -0.137. The molecular weight excluding hydrogens is 618 g/mol. The van der Waals surface area contributed by atoms with Gasteiger partial charge in [0.25, 0.3) is 0 Å². The number of hydrogen-bond donors (Lipinski definition) is 0. The highest BCUT2D eigenvalue weighted by Gasteiger charge is 2.30. The summed E-state index contributed by atoms with van der Waals surface area (Å²) in [6.45, 7) is 0. The van der Waals surface area contributed by atoms with Crippen LogP contribution in [0.5, 0.6) is 0 Å².